The second-order valence-corrected chi connectivity index (χ2v) is 5.75. The highest BCUT2D eigenvalue weighted by Crippen LogP contribution is 2.21. The molecule has 19 heavy (non-hydrogen) atoms. The molecule has 6 nitrogen and oxygen atoms in total. The third-order valence-electron chi connectivity index (χ3n) is 3.31. The first-order valence-electron chi connectivity index (χ1n) is 6.53. The van der Waals surface area contributed by atoms with Crippen LogP contribution in [0.1, 0.15) is 34.1 Å². The second-order valence-electron chi connectivity index (χ2n) is 5.75. The number of ether oxygens (including phenoxy) is 1. The molecule has 4 N–H and O–H groups in total. The summed E-state index contributed by atoms with van der Waals surface area (Å²) in [5, 5.41) is 30.6. The van der Waals surface area contributed by atoms with Gasteiger partial charge in [-0.05, 0) is 27.2 Å². The summed E-state index contributed by atoms with van der Waals surface area (Å²) in [6.07, 6.45) is -0.221. The second kappa shape index (κ2) is 7.79. The topological polar surface area (TPSA) is 99.0 Å². The largest absolute Gasteiger partial charge is 0.462 e. The van der Waals surface area contributed by atoms with Gasteiger partial charge in [0.1, 0.15) is 12.7 Å². The Morgan fingerprint density at radius 3 is 2.21 bits per heavy atom. The summed E-state index contributed by atoms with van der Waals surface area (Å²) in [7, 11) is 0. The summed E-state index contributed by atoms with van der Waals surface area (Å²) < 4.78 is 5.04. The van der Waals surface area contributed by atoms with Crippen molar-refractivity contribution >= 4 is 5.97 Å². The van der Waals surface area contributed by atoms with Crippen LogP contribution >= 0.6 is 0 Å². The van der Waals surface area contributed by atoms with Crippen LogP contribution in [0.15, 0.2) is 0 Å². The molecule has 0 saturated carbocycles. The van der Waals surface area contributed by atoms with E-state index in [1.807, 2.05) is 6.92 Å². The molecule has 0 rings (SSSR count). The molecule has 0 bridgehead atoms. The molecule has 0 aliphatic heterocycles. The molecule has 0 amide bonds. The minimum atomic E-state index is -0.881. The average molecular weight is 277 g/mol. The molecular formula is C13H27NO5. The fourth-order valence-electron chi connectivity index (χ4n) is 1.10. The van der Waals surface area contributed by atoms with Gasteiger partial charge in [0, 0.05) is 6.54 Å². The molecule has 0 saturated heterocycles. The Hall–Kier alpha value is -0.690. The smallest absolute Gasteiger partial charge is 0.311 e. The number of aliphatic hydroxyl groups excluding tert-OH is 3. The predicted molar refractivity (Wildman–Crippen MR) is 71.6 cm³/mol. The molecule has 0 aromatic rings. The van der Waals surface area contributed by atoms with E-state index in [1.165, 1.54) is 0 Å². The minimum Gasteiger partial charge on any atom is -0.462 e. The summed E-state index contributed by atoms with van der Waals surface area (Å²) in [5.74, 6) is -0.346. The van der Waals surface area contributed by atoms with Gasteiger partial charge in [-0.25, -0.2) is 0 Å². The van der Waals surface area contributed by atoms with Crippen LogP contribution in [0.5, 0.6) is 0 Å². The van der Waals surface area contributed by atoms with Crippen LogP contribution in [0.25, 0.3) is 0 Å². The third kappa shape index (κ3) is 6.33. The molecule has 0 fully saturated rings. The van der Waals surface area contributed by atoms with Gasteiger partial charge < -0.3 is 25.4 Å². The van der Waals surface area contributed by atoms with Crippen LogP contribution in [0.2, 0.25) is 0 Å². The Labute approximate surface area is 114 Å². The third-order valence-corrected chi connectivity index (χ3v) is 3.31. The van der Waals surface area contributed by atoms with Crippen molar-refractivity contribution in [2.45, 2.75) is 45.8 Å². The lowest BCUT2D eigenvalue weighted by Gasteiger charge is -2.28. The summed E-state index contributed by atoms with van der Waals surface area (Å²) in [6, 6.07) is 0. The zero-order chi connectivity index (χ0) is 15.1. The molecule has 0 heterocycles. The monoisotopic (exact) mass is 277 g/mol. The maximum atomic E-state index is 11.7. The van der Waals surface area contributed by atoms with E-state index in [9.17, 15) is 9.90 Å². The van der Waals surface area contributed by atoms with Crippen LogP contribution < -0.4 is 5.32 Å². The van der Waals surface area contributed by atoms with Crippen LogP contribution in [-0.2, 0) is 9.53 Å². The molecule has 0 aromatic heterocycles. The first-order valence-corrected chi connectivity index (χ1v) is 6.53. The van der Waals surface area contributed by atoms with Gasteiger partial charge in [0.2, 0.25) is 0 Å². The van der Waals surface area contributed by atoms with Crippen LogP contribution in [0.3, 0.4) is 0 Å². The molecule has 0 spiro atoms. The molecule has 1 unspecified atom stereocenters. The maximum Gasteiger partial charge on any atom is 0.311 e. The van der Waals surface area contributed by atoms with Gasteiger partial charge >= 0.3 is 5.97 Å². The fourth-order valence-corrected chi connectivity index (χ4v) is 1.10. The zero-order valence-corrected chi connectivity index (χ0v) is 12.3. The lowest BCUT2D eigenvalue weighted by atomic mass is 9.91. The van der Waals surface area contributed by atoms with Gasteiger partial charge in [-0.2, -0.15) is 0 Å². The maximum absolute atomic E-state index is 11.7. The van der Waals surface area contributed by atoms with E-state index in [0.717, 1.165) is 0 Å². The van der Waals surface area contributed by atoms with Crippen molar-refractivity contribution in [3.05, 3.63) is 0 Å². The van der Waals surface area contributed by atoms with Crippen LogP contribution in [-0.4, -0.2) is 59.3 Å². The quantitative estimate of drug-likeness (QED) is 0.430. The first-order chi connectivity index (χ1) is 8.70. The van der Waals surface area contributed by atoms with Crippen molar-refractivity contribution in [3.63, 3.8) is 0 Å². The summed E-state index contributed by atoms with van der Waals surface area (Å²) in [5.41, 5.74) is -1.41. The number of aliphatic hydroxyl groups is 3. The number of carbonyl (C=O) groups excluding carboxylic acids is 1. The molecule has 0 aromatic carbocycles. The molecule has 0 aliphatic carbocycles. The number of hydrogen-bond donors (Lipinski definition) is 4. The lowest BCUT2D eigenvalue weighted by molar-refractivity contribution is -0.157. The number of carbonyl (C=O) groups is 1. The van der Waals surface area contributed by atoms with Crippen LogP contribution in [0.4, 0.5) is 0 Å². The number of rotatable bonds is 9. The van der Waals surface area contributed by atoms with Gasteiger partial charge in [-0.3, -0.25) is 4.79 Å². The Morgan fingerprint density at radius 1 is 1.26 bits per heavy atom. The van der Waals surface area contributed by atoms with E-state index in [-0.39, 0.29) is 32.3 Å². The van der Waals surface area contributed by atoms with Crippen molar-refractivity contribution < 1.29 is 24.9 Å². The molecule has 0 aliphatic rings. The standard InChI is InChI=1S/C13H27NO5/c1-5-12(2,3)11(18)19-7-10(17)6-14-13(4,8-15)9-16/h10,14-17H,5-9H2,1-4H3. The minimum absolute atomic E-state index is 0.109. The normalized spacial score (nSPS) is 14.3. The molecule has 0 radical (unpaired) electrons. The molecule has 1 atom stereocenters. The number of nitrogens with one attached hydrogen (secondary N) is 1. The fraction of sp³-hybridized carbons (Fsp3) is 0.923. The van der Waals surface area contributed by atoms with Crippen molar-refractivity contribution in [1.29, 1.82) is 0 Å². The molecule has 114 valence electrons. The Balaban J connectivity index is 4.07. The van der Waals surface area contributed by atoms with Gasteiger partial charge in [0.25, 0.3) is 0 Å². The zero-order valence-electron chi connectivity index (χ0n) is 12.3. The Bertz CT molecular complexity index is 276. The van der Waals surface area contributed by atoms with Gasteiger partial charge in [0.05, 0.1) is 24.2 Å². The molecule has 6 heteroatoms. The van der Waals surface area contributed by atoms with E-state index in [0.29, 0.717) is 6.42 Å². The van der Waals surface area contributed by atoms with Crippen molar-refractivity contribution in [2.24, 2.45) is 5.41 Å². The number of β-amino-alcohol motifs (C(OH)–C–C–N with tert-alkyl or cyclic N) is 1. The summed E-state index contributed by atoms with van der Waals surface area (Å²) in [4.78, 5) is 11.7. The average Bonchev–Trinajstić information content (AvgIpc) is 2.41. The summed E-state index contributed by atoms with van der Waals surface area (Å²) in [6.45, 7) is 6.61. The van der Waals surface area contributed by atoms with Crippen molar-refractivity contribution in [1.82, 2.24) is 5.32 Å². The van der Waals surface area contributed by atoms with Crippen molar-refractivity contribution in [2.75, 3.05) is 26.4 Å². The SMILES string of the molecule is CCC(C)(C)C(=O)OCC(O)CNC(C)(CO)CO. The summed E-state index contributed by atoms with van der Waals surface area (Å²) >= 11 is 0. The Kier molecular flexibility index (Phi) is 7.51. The lowest BCUT2D eigenvalue weighted by Crippen LogP contribution is -2.52. The first kappa shape index (κ1) is 18.3. The van der Waals surface area contributed by atoms with E-state index >= 15 is 0 Å². The van der Waals surface area contributed by atoms with Gasteiger partial charge in [0.15, 0.2) is 0 Å². The van der Waals surface area contributed by atoms with E-state index in [2.05, 4.69) is 5.32 Å². The Morgan fingerprint density at radius 2 is 1.79 bits per heavy atom. The van der Waals surface area contributed by atoms with Crippen molar-refractivity contribution in [3.8, 4) is 0 Å². The highest BCUT2D eigenvalue weighted by Gasteiger charge is 2.28. The molecular weight excluding hydrogens is 250 g/mol. The predicted octanol–water partition coefficient (Wildman–Crippen LogP) is -0.340. The number of esters is 1. The highest BCUT2D eigenvalue weighted by molar-refractivity contribution is 5.75. The van der Waals surface area contributed by atoms with E-state index in [1.54, 1.807) is 20.8 Å². The van der Waals surface area contributed by atoms with Crippen LogP contribution in [0, 0.1) is 5.41 Å². The van der Waals surface area contributed by atoms with Gasteiger partial charge in [-0.1, -0.05) is 6.92 Å². The van der Waals surface area contributed by atoms with E-state index < -0.39 is 17.1 Å². The number of hydrogen-bond acceptors (Lipinski definition) is 6. The highest BCUT2D eigenvalue weighted by atomic mass is 16.5. The van der Waals surface area contributed by atoms with Gasteiger partial charge in [-0.15, -0.1) is 0 Å². The van der Waals surface area contributed by atoms with E-state index in [4.69, 9.17) is 14.9 Å².